The second kappa shape index (κ2) is 4.54. The van der Waals surface area contributed by atoms with Gasteiger partial charge in [-0.25, -0.2) is 0 Å². The van der Waals surface area contributed by atoms with E-state index in [9.17, 15) is 0 Å². The fourth-order valence-corrected chi connectivity index (χ4v) is 2.04. The van der Waals surface area contributed by atoms with Gasteiger partial charge in [0.1, 0.15) is 0 Å². The second-order valence-electron chi connectivity index (χ2n) is 3.12. The number of nitrogens with one attached hydrogen (secondary N) is 2. The molecule has 0 aliphatic rings. The maximum absolute atomic E-state index is 4.93. The maximum Gasteiger partial charge on any atom is 0.204 e. The molecule has 0 aliphatic heterocycles. The van der Waals surface area contributed by atoms with Crippen molar-refractivity contribution in [2.24, 2.45) is 7.05 Å². The van der Waals surface area contributed by atoms with Gasteiger partial charge in [0.05, 0.1) is 6.20 Å². The van der Waals surface area contributed by atoms with Crippen LogP contribution in [-0.4, -0.2) is 26.5 Å². The Balaban J connectivity index is 1.82. The van der Waals surface area contributed by atoms with E-state index in [0.29, 0.717) is 3.95 Å². The Hall–Kier alpha value is -1.21. The molecule has 15 heavy (non-hydrogen) atoms. The molecule has 0 fully saturated rings. The summed E-state index contributed by atoms with van der Waals surface area (Å²) in [4.78, 5) is 0. The summed E-state index contributed by atoms with van der Waals surface area (Å²) in [7, 11) is 1.91. The molecule has 2 rings (SSSR count). The molecule has 80 valence electrons. The zero-order valence-electron chi connectivity index (χ0n) is 8.23. The van der Waals surface area contributed by atoms with Gasteiger partial charge < -0.3 is 5.32 Å². The summed E-state index contributed by atoms with van der Waals surface area (Å²) < 4.78 is 2.49. The highest BCUT2D eigenvalue weighted by Crippen LogP contribution is 2.10. The standard InChI is InChI=1S/C8H11N5S2/c1-13-5-6(4-10-13)2-3-9-7-11-12-8(14)15-7/h4-5H,2-3H2,1H3,(H,9,11)(H,12,14). The van der Waals surface area contributed by atoms with Crippen molar-refractivity contribution in [2.45, 2.75) is 6.42 Å². The van der Waals surface area contributed by atoms with Crippen molar-refractivity contribution in [3.05, 3.63) is 21.9 Å². The summed E-state index contributed by atoms with van der Waals surface area (Å²) in [6.07, 6.45) is 4.81. The van der Waals surface area contributed by atoms with Crippen LogP contribution in [0.4, 0.5) is 5.13 Å². The van der Waals surface area contributed by atoms with Crippen LogP contribution in [0.5, 0.6) is 0 Å². The molecule has 2 aromatic heterocycles. The van der Waals surface area contributed by atoms with Gasteiger partial charge >= 0.3 is 0 Å². The molecule has 0 aromatic carbocycles. The molecule has 2 aromatic rings. The summed E-state index contributed by atoms with van der Waals surface area (Å²) in [5.74, 6) is 0. The minimum Gasteiger partial charge on any atom is -0.360 e. The molecule has 0 saturated carbocycles. The average Bonchev–Trinajstić information content (AvgIpc) is 2.76. The Morgan fingerprint density at radius 3 is 3.13 bits per heavy atom. The number of aromatic amines is 1. The maximum atomic E-state index is 4.93. The van der Waals surface area contributed by atoms with Crippen molar-refractivity contribution >= 4 is 28.7 Å². The molecule has 0 atom stereocenters. The molecule has 0 unspecified atom stereocenters. The average molecular weight is 241 g/mol. The third-order valence-corrected chi connectivity index (χ3v) is 2.93. The van der Waals surface area contributed by atoms with E-state index in [1.54, 1.807) is 4.68 Å². The molecule has 5 nitrogen and oxygen atoms in total. The van der Waals surface area contributed by atoms with E-state index in [2.05, 4.69) is 20.6 Å². The highest BCUT2D eigenvalue weighted by atomic mass is 32.1. The fraction of sp³-hybridized carbons (Fsp3) is 0.375. The number of aryl methyl sites for hydroxylation is 1. The highest BCUT2D eigenvalue weighted by Gasteiger charge is 1.98. The molecule has 0 aliphatic carbocycles. The number of hydrogen-bond acceptors (Lipinski definition) is 5. The second-order valence-corrected chi connectivity index (χ2v) is 4.78. The Morgan fingerprint density at radius 1 is 1.67 bits per heavy atom. The predicted molar refractivity (Wildman–Crippen MR) is 62.7 cm³/mol. The van der Waals surface area contributed by atoms with Gasteiger partial charge in [0.15, 0.2) is 3.95 Å². The lowest BCUT2D eigenvalue weighted by Crippen LogP contribution is -2.03. The lowest BCUT2D eigenvalue weighted by molar-refractivity contribution is 0.767. The Bertz CT molecular complexity index is 483. The van der Waals surface area contributed by atoms with Crippen LogP contribution in [0.3, 0.4) is 0 Å². The van der Waals surface area contributed by atoms with E-state index >= 15 is 0 Å². The SMILES string of the molecule is Cn1cc(CCNc2n[nH]c(=S)s2)cn1. The van der Waals surface area contributed by atoms with Gasteiger partial charge in [-0.05, 0) is 24.2 Å². The van der Waals surface area contributed by atoms with E-state index in [4.69, 9.17) is 12.2 Å². The molecule has 2 N–H and O–H groups in total. The number of nitrogens with zero attached hydrogens (tertiary/aromatic N) is 3. The van der Waals surface area contributed by atoms with E-state index < -0.39 is 0 Å². The molecule has 2 heterocycles. The summed E-state index contributed by atoms with van der Waals surface area (Å²) in [6.45, 7) is 0.835. The molecule has 0 saturated heterocycles. The normalized spacial score (nSPS) is 10.5. The zero-order chi connectivity index (χ0) is 10.7. The first-order chi connectivity index (χ1) is 7.24. The number of hydrogen-bond donors (Lipinski definition) is 2. The molecular weight excluding hydrogens is 230 g/mol. The molecule has 0 amide bonds. The number of H-pyrrole nitrogens is 1. The van der Waals surface area contributed by atoms with Crippen LogP contribution in [0.15, 0.2) is 12.4 Å². The van der Waals surface area contributed by atoms with Crippen molar-refractivity contribution in [2.75, 3.05) is 11.9 Å². The zero-order valence-corrected chi connectivity index (χ0v) is 9.86. The van der Waals surface area contributed by atoms with Crippen molar-refractivity contribution in [1.82, 2.24) is 20.0 Å². The van der Waals surface area contributed by atoms with E-state index in [0.717, 1.165) is 18.1 Å². The first-order valence-electron chi connectivity index (χ1n) is 4.51. The van der Waals surface area contributed by atoms with Crippen LogP contribution >= 0.6 is 23.6 Å². The number of rotatable bonds is 4. The molecule has 0 radical (unpaired) electrons. The summed E-state index contributed by atoms with van der Waals surface area (Å²) in [5.41, 5.74) is 1.21. The molecule has 7 heteroatoms. The van der Waals surface area contributed by atoms with Crippen LogP contribution in [0.1, 0.15) is 5.56 Å². The van der Waals surface area contributed by atoms with E-state index in [1.807, 2.05) is 19.4 Å². The van der Waals surface area contributed by atoms with Gasteiger partial charge in [0.2, 0.25) is 5.13 Å². The van der Waals surface area contributed by atoms with Crippen molar-refractivity contribution in [3.8, 4) is 0 Å². The van der Waals surface area contributed by atoms with Gasteiger partial charge in [0, 0.05) is 19.8 Å². The lowest BCUT2D eigenvalue weighted by Gasteiger charge is -1.98. The fourth-order valence-electron chi connectivity index (χ4n) is 1.22. The summed E-state index contributed by atoms with van der Waals surface area (Å²) in [5, 5.41) is 14.9. The van der Waals surface area contributed by atoms with Crippen LogP contribution in [0, 0.1) is 3.95 Å². The molecular formula is C8H11N5S2. The third-order valence-electron chi connectivity index (χ3n) is 1.89. The van der Waals surface area contributed by atoms with Gasteiger partial charge in [0.25, 0.3) is 0 Å². The van der Waals surface area contributed by atoms with Crippen molar-refractivity contribution in [1.29, 1.82) is 0 Å². The summed E-state index contributed by atoms with van der Waals surface area (Å²) in [6, 6.07) is 0. The number of aromatic nitrogens is 4. The minimum atomic E-state index is 0.693. The Labute approximate surface area is 96.1 Å². The van der Waals surface area contributed by atoms with Gasteiger partial charge in [-0.15, -0.1) is 5.10 Å². The van der Waals surface area contributed by atoms with E-state index in [-0.39, 0.29) is 0 Å². The smallest absolute Gasteiger partial charge is 0.204 e. The van der Waals surface area contributed by atoms with Gasteiger partial charge in [-0.1, -0.05) is 11.3 Å². The van der Waals surface area contributed by atoms with Crippen LogP contribution in [0.2, 0.25) is 0 Å². The largest absolute Gasteiger partial charge is 0.360 e. The lowest BCUT2D eigenvalue weighted by atomic mass is 10.2. The van der Waals surface area contributed by atoms with Crippen molar-refractivity contribution in [3.63, 3.8) is 0 Å². The minimum absolute atomic E-state index is 0.693. The first kappa shape index (κ1) is 10.3. The third kappa shape index (κ3) is 2.87. The van der Waals surface area contributed by atoms with Crippen molar-refractivity contribution < 1.29 is 0 Å². The Morgan fingerprint density at radius 2 is 2.53 bits per heavy atom. The molecule has 0 spiro atoms. The van der Waals surface area contributed by atoms with Crippen LogP contribution in [0.25, 0.3) is 0 Å². The van der Waals surface area contributed by atoms with Gasteiger partial charge in [-0.2, -0.15) is 5.10 Å². The monoisotopic (exact) mass is 241 g/mol. The molecule has 0 bridgehead atoms. The topological polar surface area (TPSA) is 58.5 Å². The van der Waals surface area contributed by atoms with Crippen LogP contribution in [-0.2, 0) is 13.5 Å². The summed E-state index contributed by atoms with van der Waals surface area (Å²) >= 11 is 6.37. The Kier molecular flexibility index (Phi) is 3.12. The van der Waals surface area contributed by atoms with Gasteiger partial charge in [-0.3, -0.25) is 9.78 Å². The highest BCUT2D eigenvalue weighted by molar-refractivity contribution is 7.73. The predicted octanol–water partition coefficient (Wildman–Crippen LogP) is 1.59. The van der Waals surface area contributed by atoms with E-state index in [1.165, 1.54) is 16.9 Å². The quantitative estimate of drug-likeness (QED) is 0.798. The number of anilines is 1. The van der Waals surface area contributed by atoms with Crippen LogP contribution < -0.4 is 5.32 Å². The first-order valence-corrected chi connectivity index (χ1v) is 5.73.